The van der Waals surface area contributed by atoms with Crippen LogP contribution in [0.1, 0.15) is 29.8 Å². The summed E-state index contributed by atoms with van der Waals surface area (Å²) < 4.78 is 1.74. The van der Waals surface area contributed by atoms with E-state index >= 15 is 0 Å². The van der Waals surface area contributed by atoms with Crippen molar-refractivity contribution in [1.82, 2.24) is 9.78 Å². The number of nitrogens with one attached hydrogen (secondary N) is 1. The van der Waals surface area contributed by atoms with E-state index in [9.17, 15) is 9.59 Å². The number of aromatic nitrogens is 2. The highest BCUT2D eigenvalue weighted by Crippen LogP contribution is 2.22. The molecule has 25 heavy (non-hydrogen) atoms. The first kappa shape index (κ1) is 17.0. The van der Waals surface area contributed by atoms with Crippen molar-refractivity contribution in [3.63, 3.8) is 0 Å². The van der Waals surface area contributed by atoms with Crippen LogP contribution in [0.5, 0.6) is 0 Å². The molecule has 0 bridgehead atoms. The number of anilines is 2. The van der Waals surface area contributed by atoms with Gasteiger partial charge in [0.05, 0.1) is 17.1 Å². The summed E-state index contributed by atoms with van der Waals surface area (Å²) in [7, 11) is 1.85. The molecule has 0 radical (unpaired) electrons. The molecule has 2 aromatic rings. The Balaban J connectivity index is 1.65. The van der Waals surface area contributed by atoms with Gasteiger partial charge in [0.1, 0.15) is 0 Å². The van der Waals surface area contributed by atoms with Crippen LogP contribution in [0.2, 0.25) is 0 Å². The second kappa shape index (κ2) is 6.93. The Morgan fingerprint density at radius 2 is 1.96 bits per heavy atom. The molecular formula is C19H22N4O2. The predicted molar refractivity (Wildman–Crippen MR) is 98.4 cm³/mol. The molecule has 0 spiro atoms. The molecule has 1 N–H and O–H groups in total. The Bertz CT molecular complexity index is 834. The first-order chi connectivity index (χ1) is 12.0. The van der Waals surface area contributed by atoms with Gasteiger partial charge in [-0.05, 0) is 44.0 Å². The van der Waals surface area contributed by atoms with Gasteiger partial charge in [-0.25, -0.2) is 0 Å². The van der Waals surface area contributed by atoms with Crippen molar-refractivity contribution < 1.29 is 9.59 Å². The highest BCUT2D eigenvalue weighted by molar-refractivity contribution is 6.02. The quantitative estimate of drug-likeness (QED) is 0.872. The summed E-state index contributed by atoms with van der Waals surface area (Å²) in [6.45, 7) is 4.56. The number of nitrogens with zero attached hydrogens (tertiary/aromatic N) is 3. The molecule has 6 nitrogen and oxygen atoms in total. The molecule has 0 saturated carbocycles. The van der Waals surface area contributed by atoms with Crippen molar-refractivity contribution in [3.05, 3.63) is 47.3 Å². The van der Waals surface area contributed by atoms with Crippen LogP contribution in [-0.4, -0.2) is 28.1 Å². The summed E-state index contributed by atoms with van der Waals surface area (Å²) >= 11 is 0. The van der Waals surface area contributed by atoms with Gasteiger partial charge in [0, 0.05) is 31.8 Å². The van der Waals surface area contributed by atoms with Gasteiger partial charge in [0.25, 0.3) is 0 Å². The predicted octanol–water partition coefficient (Wildman–Crippen LogP) is 2.82. The zero-order valence-electron chi connectivity index (χ0n) is 14.7. The van der Waals surface area contributed by atoms with Gasteiger partial charge in [0.2, 0.25) is 11.8 Å². The van der Waals surface area contributed by atoms with Crippen LogP contribution in [-0.2, 0) is 16.6 Å². The molecule has 1 aliphatic rings. The van der Waals surface area contributed by atoms with Crippen LogP contribution in [0.25, 0.3) is 6.08 Å². The Morgan fingerprint density at radius 3 is 2.52 bits per heavy atom. The second-order valence-electron chi connectivity index (χ2n) is 6.23. The Kier molecular flexibility index (Phi) is 4.70. The van der Waals surface area contributed by atoms with E-state index in [1.807, 2.05) is 45.2 Å². The number of aryl methyl sites for hydroxylation is 2. The average Bonchev–Trinajstić information content (AvgIpc) is 3.12. The molecule has 0 atom stereocenters. The number of rotatable bonds is 4. The smallest absolute Gasteiger partial charge is 0.248 e. The van der Waals surface area contributed by atoms with Gasteiger partial charge in [-0.15, -0.1) is 0 Å². The topological polar surface area (TPSA) is 67.2 Å². The number of hydrogen-bond acceptors (Lipinski definition) is 3. The van der Waals surface area contributed by atoms with Gasteiger partial charge < -0.3 is 10.2 Å². The molecule has 2 amide bonds. The molecule has 1 fully saturated rings. The van der Waals surface area contributed by atoms with E-state index < -0.39 is 0 Å². The van der Waals surface area contributed by atoms with E-state index in [2.05, 4.69) is 10.4 Å². The molecular weight excluding hydrogens is 316 g/mol. The van der Waals surface area contributed by atoms with Gasteiger partial charge in [-0.1, -0.05) is 12.1 Å². The van der Waals surface area contributed by atoms with Crippen molar-refractivity contribution in [3.8, 4) is 0 Å². The summed E-state index contributed by atoms with van der Waals surface area (Å²) in [6, 6.07) is 7.64. The van der Waals surface area contributed by atoms with Crippen molar-refractivity contribution in [2.75, 3.05) is 16.8 Å². The molecule has 6 heteroatoms. The number of carbonyl (C=O) groups is 2. The van der Waals surface area contributed by atoms with E-state index in [4.69, 9.17) is 0 Å². The van der Waals surface area contributed by atoms with E-state index in [1.165, 1.54) is 6.08 Å². The molecule has 130 valence electrons. The van der Waals surface area contributed by atoms with Crippen LogP contribution in [0.15, 0.2) is 30.3 Å². The van der Waals surface area contributed by atoms with Crippen LogP contribution in [0, 0.1) is 13.8 Å². The average molecular weight is 338 g/mol. The maximum Gasteiger partial charge on any atom is 0.248 e. The summed E-state index contributed by atoms with van der Waals surface area (Å²) in [5.41, 5.74) is 4.27. The molecule has 1 saturated heterocycles. The highest BCUT2D eigenvalue weighted by atomic mass is 16.2. The SMILES string of the molecule is Cc1nn(C)c(C)c1NC(=O)/C=C/c1ccc(N2CCCC2=O)cc1. The first-order valence-electron chi connectivity index (χ1n) is 8.35. The van der Waals surface area contributed by atoms with E-state index in [0.29, 0.717) is 6.42 Å². The standard InChI is InChI=1S/C19H22N4O2/c1-13-19(14(2)22(3)21-13)20-17(24)11-8-15-6-9-16(10-7-15)23-12-4-5-18(23)25/h6-11H,4-5,12H2,1-3H3,(H,20,24)/b11-8+. The number of amides is 2. The highest BCUT2D eigenvalue weighted by Gasteiger charge is 2.21. The third-order valence-corrected chi connectivity index (χ3v) is 4.46. The minimum atomic E-state index is -0.196. The Morgan fingerprint density at radius 1 is 1.24 bits per heavy atom. The van der Waals surface area contributed by atoms with Crippen LogP contribution in [0.4, 0.5) is 11.4 Å². The monoisotopic (exact) mass is 338 g/mol. The number of hydrogen-bond donors (Lipinski definition) is 1. The first-order valence-corrected chi connectivity index (χ1v) is 8.35. The fraction of sp³-hybridized carbons (Fsp3) is 0.316. The lowest BCUT2D eigenvalue weighted by Crippen LogP contribution is -2.23. The summed E-state index contributed by atoms with van der Waals surface area (Å²) in [4.78, 5) is 25.7. The third-order valence-electron chi connectivity index (χ3n) is 4.46. The maximum absolute atomic E-state index is 12.1. The molecule has 1 aliphatic heterocycles. The Labute approximate surface area is 147 Å². The van der Waals surface area contributed by atoms with E-state index in [0.717, 1.165) is 41.3 Å². The fourth-order valence-corrected chi connectivity index (χ4v) is 2.98. The maximum atomic E-state index is 12.1. The lowest BCUT2D eigenvalue weighted by atomic mass is 10.2. The lowest BCUT2D eigenvalue weighted by molar-refractivity contribution is -0.117. The van der Waals surface area contributed by atoms with Crippen molar-refractivity contribution >= 4 is 29.3 Å². The minimum absolute atomic E-state index is 0.171. The second-order valence-corrected chi connectivity index (χ2v) is 6.23. The lowest BCUT2D eigenvalue weighted by Gasteiger charge is -2.15. The molecule has 1 aromatic carbocycles. The Hall–Kier alpha value is -2.89. The van der Waals surface area contributed by atoms with Crippen molar-refractivity contribution in [1.29, 1.82) is 0 Å². The van der Waals surface area contributed by atoms with Crippen LogP contribution >= 0.6 is 0 Å². The molecule has 2 heterocycles. The normalized spacial score (nSPS) is 14.5. The fourth-order valence-electron chi connectivity index (χ4n) is 2.98. The number of benzene rings is 1. The third kappa shape index (κ3) is 3.63. The number of carbonyl (C=O) groups excluding carboxylic acids is 2. The van der Waals surface area contributed by atoms with Crippen molar-refractivity contribution in [2.24, 2.45) is 7.05 Å². The van der Waals surface area contributed by atoms with Gasteiger partial charge in [-0.2, -0.15) is 5.10 Å². The van der Waals surface area contributed by atoms with E-state index in [-0.39, 0.29) is 11.8 Å². The van der Waals surface area contributed by atoms with Crippen LogP contribution < -0.4 is 10.2 Å². The largest absolute Gasteiger partial charge is 0.319 e. The zero-order valence-corrected chi connectivity index (χ0v) is 14.7. The van der Waals surface area contributed by atoms with Crippen LogP contribution in [0.3, 0.4) is 0 Å². The van der Waals surface area contributed by atoms with Crippen molar-refractivity contribution in [2.45, 2.75) is 26.7 Å². The summed E-state index contributed by atoms with van der Waals surface area (Å²) in [5, 5.41) is 7.15. The summed E-state index contributed by atoms with van der Waals surface area (Å²) in [5.74, 6) is -0.0251. The molecule has 0 aliphatic carbocycles. The molecule has 0 unspecified atom stereocenters. The molecule has 1 aromatic heterocycles. The zero-order chi connectivity index (χ0) is 18.0. The van der Waals surface area contributed by atoms with E-state index in [1.54, 1.807) is 15.7 Å². The molecule has 3 rings (SSSR count). The summed E-state index contributed by atoms with van der Waals surface area (Å²) in [6.07, 6.45) is 4.79. The minimum Gasteiger partial charge on any atom is -0.319 e. The van der Waals surface area contributed by atoms with Gasteiger partial charge in [-0.3, -0.25) is 14.3 Å². The van der Waals surface area contributed by atoms with Gasteiger partial charge >= 0.3 is 0 Å². The van der Waals surface area contributed by atoms with Gasteiger partial charge in [0.15, 0.2) is 0 Å².